The zero-order chi connectivity index (χ0) is 33.0. The van der Waals surface area contributed by atoms with Crippen molar-refractivity contribution in [1.82, 2.24) is 15.1 Å². The van der Waals surface area contributed by atoms with Gasteiger partial charge in [0.05, 0.1) is 13.7 Å². The number of nitrogens with one attached hydrogen (secondary N) is 1. The molecule has 6 rings (SSSR count). The number of ether oxygens (including phenoxy) is 2. The molecule has 2 atom stereocenters. The lowest BCUT2D eigenvalue weighted by Crippen LogP contribution is -2.53. The third-order valence-corrected chi connectivity index (χ3v) is 10.8. The molecule has 2 N–H and O–H groups in total. The van der Waals surface area contributed by atoms with Crippen LogP contribution in [0.4, 0.5) is 14.5 Å². The molecular formula is C36H48F2N4O5. The molecular weight excluding hydrogens is 606 g/mol. The second-order valence-electron chi connectivity index (χ2n) is 13.5. The molecule has 11 heteroatoms. The third-order valence-electron chi connectivity index (χ3n) is 10.8. The highest BCUT2D eigenvalue weighted by Crippen LogP contribution is 2.44. The van der Waals surface area contributed by atoms with Gasteiger partial charge in [-0.1, -0.05) is 18.2 Å². The van der Waals surface area contributed by atoms with Crippen LogP contribution in [-0.2, 0) is 14.3 Å². The van der Waals surface area contributed by atoms with Crippen LogP contribution in [0, 0.1) is 11.7 Å². The first-order valence-corrected chi connectivity index (χ1v) is 17.2. The predicted octanol–water partition coefficient (Wildman–Crippen LogP) is 3.85. The van der Waals surface area contributed by atoms with E-state index in [9.17, 15) is 14.0 Å². The number of halogens is 2. The van der Waals surface area contributed by atoms with Crippen LogP contribution in [0.5, 0.6) is 5.75 Å². The topological polar surface area (TPSA) is 94.6 Å². The number of nitrogens with zero attached hydrogens (tertiary/aromatic N) is 3. The highest BCUT2D eigenvalue weighted by atomic mass is 19.1. The normalized spacial score (nSPS) is 25.2. The first-order valence-electron chi connectivity index (χ1n) is 17.2. The van der Waals surface area contributed by atoms with Gasteiger partial charge in [-0.2, -0.15) is 0 Å². The largest absolute Gasteiger partial charge is 0.497 e. The van der Waals surface area contributed by atoms with Crippen molar-refractivity contribution in [2.75, 3.05) is 77.6 Å². The van der Waals surface area contributed by atoms with Crippen LogP contribution >= 0.6 is 0 Å². The minimum atomic E-state index is -2.05. The molecule has 2 aromatic rings. The number of likely N-dealkylation sites (tertiary alicyclic amines) is 2. The molecule has 4 aliphatic rings. The zero-order valence-electron chi connectivity index (χ0n) is 27.3. The van der Waals surface area contributed by atoms with Gasteiger partial charge in [0.15, 0.2) is 0 Å². The van der Waals surface area contributed by atoms with Crippen molar-refractivity contribution in [3.8, 4) is 5.75 Å². The molecule has 0 bridgehead atoms. The number of hydrogen-bond donors (Lipinski definition) is 2. The van der Waals surface area contributed by atoms with Crippen LogP contribution in [0.25, 0.3) is 0 Å². The lowest BCUT2D eigenvalue weighted by Gasteiger charge is -2.39. The van der Waals surface area contributed by atoms with E-state index in [-0.39, 0.29) is 49.3 Å². The fourth-order valence-corrected chi connectivity index (χ4v) is 8.10. The van der Waals surface area contributed by atoms with Gasteiger partial charge >= 0.3 is 0 Å². The third kappa shape index (κ3) is 7.27. The molecule has 4 aliphatic heterocycles. The van der Waals surface area contributed by atoms with Gasteiger partial charge in [0.2, 0.25) is 11.6 Å². The summed E-state index contributed by atoms with van der Waals surface area (Å²) in [4.78, 5) is 32.6. The van der Waals surface area contributed by atoms with Crippen LogP contribution in [0.15, 0.2) is 42.5 Å². The Hall–Kier alpha value is -3.28. The smallest absolute Gasteiger partial charge is 0.262 e. The fraction of sp³-hybridized carbons (Fsp3) is 0.611. The lowest BCUT2D eigenvalue weighted by atomic mass is 9.83. The molecule has 47 heavy (non-hydrogen) atoms. The Balaban J connectivity index is 1.14. The van der Waals surface area contributed by atoms with Gasteiger partial charge in [-0.3, -0.25) is 14.5 Å². The van der Waals surface area contributed by atoms with Crippen LogP contribution in [-0.4, -0.2) is 111 Å². The van der Waals surface area contributed by atoms with Gasteiger partial charge in [0, 0.05) is 82.6 Å². The van der Waals surface area contributed by atoms with E-state index in [0.29, 0.717) is 77.4 Å². The van der Waals surface area contributed by atoms with Crippen molar-refractivity contribution in [3.63, 3.8) is 0 Å². The van der Waals surface area contributed by atoms with Crippen LogP contribution in [0.2, 0.25) is 0 Å². The molecule has 0 radical (unpaired) electrons. The number of benzene rings is 2. The second kappa shape index (κ2) is 14.9. The number of carbonyl (C=O) groups is 2. The monoisotopic (exact) mass is 654 g/mol. The molecule has 0 unspecified atom stereocenters. The standard InChI is InChI=1S/C36H48F2N4O5/c1-46-30-5-2-26(3-6-30)32-23-42(29-12-20-47-21-13-29)24-36(32,38)35(45)41-17-8-25(9-18-41)31-7-4-28(37)22-33(31)40-15-10-27(11-16-40)34(44)39-14-19-43/h2-7,22,25,27,29,32,43H,8-21,23-24H2,1H3,(H,39,44)/t32-,36-/m0/s1. The fourth-order valence-electron chi connectivity index (χ4n) is 8.10. The van der Waals surface area contributed by atoms with Gasteiger partial charge in [0.25, 0.3) is 5.91 Å². The average Bonchev–Trinajstić information content (AvgIpc) is 3.49. The first-order chi connectivity index (χ1) is 22.8. The Bertz CT molecular complexity index is 1370. The van der Waals surface area contributed by atoms with Crippen LogP contribution < -0.4 is 15.0 Å². The van der Waals surface area contributed by atoms with E-state index in [1.807, 2.05) is 30.3 Å². The minimum absolute atomic E-state index is 0.0480. The molecule has 0 aliphatic carbocycles. The second-order valence-corrected chi connectivity index (χ2v) is 13.5. The average molecular weight is 655 g/mol. The van der Waals surface area contributed by atoms with Crippen molar-refractivity contribution in [2.24, 2.45) is 5.92 Å². The Labute approximate surface area is 276 Å². The summed E-state index contributed by atoms with van der Waals surface area (Å²) in [5.74, 6) is -0.705. The van der Waals surface area contributed by atoms with Gasteiger partial charge in [-0.05, 0) is 79.8 Å². The first kappa shape index (κ1) is 33.6. The number of aliphatic hydroxyl groups is 1. The summed E-state index contributed by atoms with van der Waals surface area (Å²) >= 11 is 0. The molecule has 256 valence electrons. The Morgan fingerprint density at radius 2 is 1.70 bits per heavy atom. The Morgan fingerprint density at radius 3 is 2.36 bits per heavy atom. The number of alkyl halides is 1. The number of hydrogen-bond acceptors (Lipinski definition) is 7. The molecule has 4 saturated heterocycles. The van der Waals surface area contributed by atoms with Crippen molar-refractivity contribution in [1.29, 1.82) is 0 Å². The summed E-state index contributed by atoms with van der Waals surface area (Å²) < 4.78 is 42.8. The van der Waals surface area contributed by atoms with Gasteiger partial charge in [-0.25, -0.2) is 8.78 Å². The van der Waals surface area contributed by atoms with E-state index in [1.54, 1.807) is 18.1 Å². The summed E-state index contributed by atoms with van der Waals surface area (Å²) in [7, 11) is 1.60. The number of rotatable bonds is 9. The molecule has 2 amide bonds. The number of aliphatic hydroxyl groups excluding tert-OH is 1. The van der Waals surface area contributed by atoms with Gasteiger partial charge in [0.1, 0.15) is 11.6 Å². The number of amides is 2. The molecule has 9 nitrogen and oxygen atoms in total. The molecule has 4 fully saturated rings. The van der Waals surface area contributed by atoms with Crippen molar-refractivity contribution in [3.05, 3.63) is 59.4 Å². The van der Waals surface area contributed by atoms with E-state index in [1.165, 1.54) is 6.07 Å². The van der Waals surface area contributed by atoms with E-state index in [4.69, 9.17) is 14.6 Å². The number of methoxy groups -OCH3 is 1. The number of anilines is 1. The van der Waals surface area contributed by atoms with E-state index in [2.05, 4.69) is 15.1 Å². The molecule has 4 heterocycles. The van der Waals surface area contributed by atoms with E-state index < -0.39 is 17.5 Å². The van der Waals surface area contributed by atoms with Crippen LogP contribution in [0.3, 0.4) is 0 Å². The van der Waals surface area contributed by atoms with Crippen LogP contribution in [0.1, 0.15) is 61.5 Å². The SMILES string of the molecule is COc1ccc([C@@H]2CN(C3CCOCC3)C[C@@]2(F)C(=O)N2CCC(c3ccc(F)cc3N3CCC(C(=O)NCCO)CC3)CC2)cc1. The maximum Gasteiger partial charge on any atom is 0.262 e. The minimum Gasteiger partial charge on any atom is -0.497 e. The number of carbonyl (C=O) groups excluding carboxylic acids is 2. The molecule has 0 saturated carbocycles. The van der Waals surface area contributed by atoms with Crippen molar-refractivity contribution < 1.29 is 33.0 Å². The summed E-state index contributed by atoms with van der Waals surface area (Å²) in [5.41, 5.74) is 0.638. The Kier molecular flexibility index (Phi) is 10.6. The summed E-state index contributed by atoms with van der Waals surface area (Å²) in [5, 5.41) is 11.8. The number of piperidine rings is 2. The summed E-state index contributed by atoms with van der Waals surface area (Å²) in [6.45, 7) is 4.14. The highest BCUT2D eigenvalue weighted by molar-refractivity contribution is 5.87. The molecule has 0 aromatic heterocycles. The predicted molar refractivity (Wildman–Crippen MR) is 175 cm³/mol. The highest BCUT2D eigenvalue weighted by Gasteiger charge is 2.56. The Morgan fingerprint density at radius 1 is 1.00 bits per heavy atom. The van der Waals surface area contributed by atoms with E-state index >= 15 is 4.39 Å². The summed E-state index contributed by atoms with van der Waals surface area (Å²) in [6.07, 6.45) is 4.30. The van der Waals surface area contributed by atoms with Gasteiger partial charge in [-0.15, -0.1) is 0 Å². The molecule has 2 aromatic carbocycles. The summed E-state index contributed by atoms with van der Waals surface area (Å²) in [6, 6.07) is 12.5. The van der Waals surface area contributed by atoms with E-state index in [0.717, 1.165) is 29.7 Å². The van der Waals surface area contributed by atoms with Gasteiger partial charge < -0.3 is 29.7 Å². The molecule has 0 spiro atoms. The van der Waals surface area contributed by atoms with Crippen molar-refractivity contribution in [2.45, 2.75) is 62.1 Å². The zero-order valence-corrected chi connectivity index (χ0v) is 27.3. The maximum atomic E-state index is 17.4. The maximum absolute atomic E-state index is 17.4. The lowest BCUT2D eigenvalue weighted by molar-refractivity contribution is -0.145. The quantitative estimate of drug-likeness (QED) is 0.425. The van der Waals surface area contributed by atoms with Crippen molar-refractivity contribution >= 4 is 17.5 Å².